The predicted molar refractivity (Wildman–Crippen MR) is 91.3 cm³/mol. The van der Waals surface area contributed by atoms with Crippen molar-refractivity contribution in [1.82, 2.24) is 5.32 Å². The maximum absolute atomic E-state index is 12.5. The molecule has 0 aliphatic heterocycles. The molecule has 0 saturated heterocycles. The van der Waals surface area contributed by atoms with Crippen molar-refractivity contribution < 1.29 is 23.0 Å². The van der Waals surface area contributed by atoms with Gasteiger partial charge in [-0.3, -0.25) is 0 Å². The van der Waals surface area contributed by atoms with Crippen molar-refractivity contribution >= 4 is 11.7 Å². The number of anilines is 1. The SMILES string of the molecule is CC[C@@H](NC(=O)Nc1ccc(OC)cc1)c1ccccc1OC(F)F. The van der Waals surface area contributed by atoms with Gasteiger partial charge in [0.05, 0.1) is 13.2 Å². The average molecular weight is 350 g/mol. The third kappa shape index (κ3) is 5.34. The van der Waals surface area contributed by atoms with Crippen LogP contribution in [-0.4, -0.2) is 19.8 Å². The van der Waals surface area contributed by atoms with E-state index in [2.05, 4.69) is 15.4 Å². The quantitative estimate of drug-likeness (QED) is 0.769. The van der Waals surface area contributed by atoms with Crippen molar-refractivity contribution in [2.75, 3.05) is 12.4 Å². The van der Waals surface area contributed by atoms with Crippen molar-refractivity contribution in [2.24, 2.45) is 0 Å². The summed E-state index contributed by atoms with van der Waals surface area (Å²) in [4.78, 5) is 12.2. The molecular weight excluding hydrogens is 330 g/mol. The maximum atomic E-state index is 12.5. The fourth-order valence-electron chi connectivity index (χ4n) is 2.37. The Bertz CT molecular complexity index is 693. The topological polar surface area (TPSA) is 59.6 Å². The molecule has 0 saturated carbocycles. The highest BCUT2D eigenvalue weighted by Gasteiger charge is 2.18. The molecule has 0 radical (unpaired) electrons. The summed E-state index contributed by atoms with van der Waals surface area (Å²) < 4.78 is 34.7. The first-order valence-electron chi connectivity index (χ1n) is 7.78. The highest BCUT2D eigenvalue weighted by Crippen LogP contribution is 2.28. The molecular formula is C18H20F2N2O3. The number of alkyl halides is 2. The van der Waals surface area contributed by atoms with Crippen LogP contribution in [0.3, 0.4) is 0 Å². The smallest absolute Gasteiger partial charge is 0.387 e. The standard InChI is InChI=1S/C18H20F2N2O3/c1-3-15(14-6-4-5-7-16(14)25-17(19)20)22-18(23)21-12-8-10-13(24-2)11-9-12/h4-11,15,17H,3H2,1-2H3,(H2,21,22,23)/t15-/m1/s1. The Morgan fingerprint density at radius 3 is 2.40 bits per heavy atom. The summed E-state index contributed by atoms with van der Waals surface area (Å²) in [5, 5.41) is 5.46. The second-order valence-corrected chi connectivity index (χ2v) is 5.20. The predicted octanol–water partition coefficient (Wildman–Crippen LogP) is 4.57. The average Bonchev–Trinajstić information content (AvgIpc) is 2.60. The number of rotatable bonds is 7. The number of hydrogen-bond acceptors (Lipinski definition) is 3. The van der Waals surface area contributed by atoms with Crippen LogP contribution in [0.25, 0.3) is 0 Å². The number of hydrogen-bond donors (Lipinski definition) is 2. The van der Waals surface area contributed by atoms with Gasteiger partial charge in [-0.15, -0.1) is 0 Å². The Kier molecular flexibility index (Phi) is 6.56. The fraction of sp³-hybridized carbons (Fsp3) is 0.278. The van der Waals surface area contributed by atoms with Crippen LogP contribution in [0.1, 0.15) is 24.9 Å². The van der Waals surface area contributed by atoms with Crippen molar-refractivity contribution in [3.05, 3.63) is 54.1 Å². The number of amides is 2. The van der Waals surface area contributed by atoms with E-state index < -0.39 is 18.7 Å². The second kappa shape index (κ2) is 8.86. The van der Waals surface area contributed by atoms with Gasteiger partial charge >= 0.3 is 12.6 Å². The van der Waals surface area contributed by atoms with Gasteiger partial charge in [-0.2, -0.15) is 8.78 Å². The molecule has 2 aromatic carbocycles. The number of carbonyl (C=O) groups excluding carboxylic acids is 1. The van der Waals surface area contributed by atoms with E-state index in [1.54, 1.807) is 49.6 Å². The Morgan fingerprint density at radius 1 is 1.12 bits per heavy atom. The second-order valence-electron chi connectivity index (χ2n) is 5.20. The van der Waals surface area contributed by atoms with Crippen LogP contribution < -0.4 is 20.1 Å². The normalized spacial score (nSPS) is 11.7. The molecule has 7 heteroatoms. The van der Waals surface area contributed by atoms with Crippen LogP contribution in [0.2, 0.25) is 0 Å². The molecule has 2 amide bonds. The van der Waals surface area contributed by atoms with Crippen LogP contribution in [0.5, 0.6) is 11.5 Å². The summed E-state index contributed by atoms with van der Waals surface area (Å²) in [6.45, 7) is -1.08. The van der Waals surface area contributed by atoms with Crippen molar-refractivity contribution in [3.63, 3.8) is 0 Å². The number of para-hydroxylation sites is 1. The Hall–Kier alpha value is -2.83. The molecule has 0 unspecified atom stereocenters. The third-order valence-electron chi connectivity index (χ3n) is 3.57. The van der Waals surface area contributed by atoms with E-state index in [1.165, 1.54) is 6.07 Å². The molecule has 2 rings (SSSR count). The molecule has 0 aliphatic carbocycles. The first-order chi connectivity index (χ1) is 12.0. The number of urea groups is 1. The lowest BCUT2D eigenvalue weighted by atomic mass is 10.0. The Morgan fingerprint density at radius 2 is 1.80 bits per heavy atom. The minimum absolute atomic E-state index is 0.0501. The van der Waals surface area contributed by atoms with E-state index in [4.69, 9.17) is 4.74 Å². The molecule has 134 valence electrons. The van der Waals surface area contributed by atoms with Gasteiger partial charge in [0.15, 0.2) is 0 Å². The van der Waals surface area contributed by atoms with Crippen LogP contribution in [-0.2, 0) is 0 Å². The van der Waals surface area contributed by atoms with Gasteiger partial charge in [0.25, 0.3) is 0 Å². The molecule has 25 heavy (non-hydrogen) atoms. The van der Waals surface area contributed by atoms with Crippen LogP contribution in [0.4, 0.5) is 19.3 Å². The number of methoxy groups -OCH3 is 1. The summed E-state index contributed by atoms with van der Waals surface area (Å²) in [6.07, 6.45) is 0.514. The van der Waals surface area contributed by atoms with Gasteiger partial charge in [0.2, 0.25) is 0 Å². The van der Waals surface area contributed by atoms with Crippen LogP contribution in [0, 0.1) is 0 Å². The van der Waals surface area contributed by atoms with E-state index in [1.807, 2.05) is 6.92 Å². The number of nitrogens with one attached hydrogen (secondary N) is 2. The van der Waals surface area contributed by atoms with E-state index in [-0.39, 0.29) is 5.75 Å². The van der Waals surface area contributed by atoms with Gasteiger partial charge < -0.3 is 20.1 Å². The highest BCUT2D eigenvalue weighted by atomic mass is 19.3. The molecule has 0 bridgehead atoms. The molecule has 0 aromatic heterocycles. The molecule has 0 fully saturated rings. The molecule has 0 heterocycles. The van der Waals surface area contributed by atoms with Crippen molar-refractivity contribution in [2.45, 2.75) is 26.0 Å². The zero-order chi connectivity index (χ0) is 18.2. The van der Waals surface area contributed by atoms with Gasteiger partial charge in [-0.1, -0.05) is 25.1 Å². The molecule has 1 atom stereocenters. The summed E-state index contributed by atoms with van der Waals surface area (Å²) in [5.74, 6) is 0.726. The summed E-state index contributed by atoms with van der Waals surface area (Å²) in [7, 11) is 1.56. The van der Waals surface area contributed by atoms with Gasteiger partial charge in [-0.05, 0) is 36.8 Å². The van der Waals surface area contributed by atoms with E-state index in [0.717, 1.165) is 0 Å². The van der Waals surface area contributed by atoms with Gasteiger partial charge in [0.1, 0.15) is 11.5 Å². The zero-order valence-electron chi connectivity index (χ0n) is 14.0. The first-order valence-corrected chi connectivity index (χ1v) is 7.78. The largest absolute Gasteiger partial charge is 0.497 e. The summed E-state index contributed by atoms with van der Waals surface area (Å²) >= 11 is 0. The van der Waals surface area contributed by atoms with Crippen molar-refractivity contribution in [1.29, 1.82) is 0 Å². The lowest BCUT2D eigenvalue weighted by Crippen LogP contribution is -2.32. The molecule has 2 aromatic rings. The molecule has 2 N–H and O–H groups in total. The lowest BCUT2D eigenvalue weighted by Gasteiger charge is -2.20. The Labute approximate surface area is 144 Å². The number of ether oxygens (including phenoxy) is 2. The summed E-state index contributed by atoms with van der Waals surface area (Å²) in [6, 6.07) is 12.4. The molecule has 0 spiro atoms. The van der Waals surface area contributed by atoms with Crippen LogP contribution >= 0.6 is 0 Å². The first kappa shape index (κ1) is 18.5. The third-order valence-corrected chi connectivity index (χ3v) is 3.57. The fourth-order valence-corrected chi connectivity index (χ4v) is 2.37. The number of carbonyl (C=O) groups is 1. The highest BCUT2D eigenvalue weighted by molar-refractivity contribution is 5.89. The van der Waals surface area contributed by atoms with E-state index in [9.17, 15) is 13.6 Å². The lowest BCUT2D eigenvalue weighted by molar-refractivity contribution is -0.0506. The number of halogens is 2. The maximum Gasteiger partial charge on any atom is 0.387 e. The van der Waals surface area contributed by atoms with Gasteiger partial charge in [-0.25, -0.2) is 4.79 Å². The minimum Gasteiger partial charge on any atom is -0.497 e. The zero-order valence-corrected chi connectivity index (χ0v) is 14.0. The monoisotopic (exact) mass is 350 g/mol. The minimum atomic E-state index is -2.92. The molecule has 5 nitrogen and oxygen atoms in total. The van der Waals surface area contributed by atoms with Crippen LogP contribution in [0.15, 0.2) is 48.5 Å². The number of benzene rings is 2. The van der Waals surface area contributed by atoms with E-state index >= 15 is 0 Å². The van der Waals surface area contributed by atoms with E-state index in [0.29, 0.717) is 23.4 Å². The van der Waals surface area contributed by atoms with Crippen molar-refractivity contribution in [3.8, 4) is 11.5 Å². The Balaban J connectivity index is 2.07. The molecule has 0 aliphatic rings. The van der Waals surface area contributed by atoms with Gasteiger partial charge in [0, 0.05) is 11.3 Å². The summed E-state index contributed by atoms with van der Waals surface area (Å²) in [5.41, 5.74) is 1.08.